The number of rotatable bonds is 8. The van der Waals surface area contributed by atoms with E-state index in [9.17, 15) is 0 Å². The molecule has 0 aliphatic heterocycles. The van der Waals surface area contributed by atoms with Gasteiger partial charge in [-0.3, -0.25) is 5.43 Å². The van der Waals surface area contributed by atoms with Crippen LogP contribution < -0.4 is 21.3 Å². The van der Waals surface area contributed by atoms with E-state index in [2.05, 4.69) is 30.7 Å². The number of ether oxygens (including phenoxy) is 1. The first-order valence-electron chi connectivity index (χ1n) is 6.28. The lowest BCUT2D eigenvalue weighted by Crippen LogP contribution is -2.14. The highest BCUT2D eigenvalue weighted by Gasteiger charge is 2.04. The topological polar surface area (TPSA) is 116 Å². The average Bonchev–Trinajstić information content (AvgIpc) is 2.99. The Bertz CT molecular complexity index is 493. The van der Waals surface area contributed by atoms with Gasteiger partial charge in [0, 0.05) is 25.5 Å². The van der Waals surface area contributed by atoms with Gasteiger partial charge in [-0.05, 0) is 12.8 Å². The van der Waals surface area contributed by atoms with Crippen molar-refractivity contribution in [3.63, 3.8) is 0 Å². The summed E-state index contributed by atoms with van der Waals surface area (Å²) in [6.45, 7) is 1.70. The number of nitrogen functional groups attached to an aromatic ring is 1. The normalized spacial score (nSPS) is 10.3. The lowest BCUT2D eigenvalue weighted by Gasteiger charge is -2.07. The zero-order chi connectivity index (χ0) is 14.2. The lowest BCUT2D eigenvalue weighted by molar-refractivity contribution is 0.379. The third-order valence-electron chi connectivity index (χ3n) is 2.61. The molecule has 0 aliphatic rings. The zero-order valence-electron chi connectivity index (χ0n) is 11.3. The summed E-state index contributed by atoms with van der Waals surface area (Å²) in [4.78, 5) is 16.1. The van der Waals surface area contributed by atoms with E-state index >= 15 is 0 Å². The molecule has 0 radical (unpaired) electrons. The predicted molar refractivity (Wildman–Crippen MR) is 74.1 cm³/mol. The van der Waals surface area contributed by atoms with Crippen molar-refractivity contribution in [3.8, 4) is 6.01 Å². The average molecular weight is 278 g/mol. The summed E-state index contributed by atoms with van der Waals surface area (Å²) in [5.41, 5.74) is 2.37. The molecule has 9 heteroatoms. The van der Waals surface area contributed by atoms with E-state index in [0.717, 1.165) is 25.9 Å². The number of nitrogens with two attached hydrogens (primary N) is 1. The van der Waals surface area contributed by atoms with Crippen molar-refractivity contribution in [2.45, 2.75) is 19.4 Å². The second-order valence-electron chi connectivity index (χ2n) is 4.05. The van der Waals surface area contributed by atoms with Crippen molar-refractivity contribution in [1.29, 1.82) is 0 Å². The van der Waals surface area contributed by atoms with Crippen LogP contribution in [-0.4, -0.2) is 38.2 Å². The molecule has 2 aromatic rings. The fourth-order valence-electron chi connectivity index (χ4n) is 1.63. The Balaban J connectivity index is 1.75. The molecular weight excluding hydrogens is 260 g/mol. The molecule has 4 N–H and O–H groups in total. The van der Waals surface area contributed by atoms with Crippen LogP contribution in [0.1, 0.15) is 12.8 Å². The summed E-state index contributed by atoms with van der Waals surface area (Å²) in [7, 11) is 1.49. The van der Waals surface area contributed by atoms with Gasteiger partial charge in [0.2, 0.25) is 11.9 Å². The van der Waals surface area contributed by atoms with Gasteiger partial charge in [0.25, 0.3) is 0 Å². The van der Waals surface area contributed by atoms with E-state index in [1.54, 1.807) is 6.20 Å². The molecule has 0 fully saturated rings. The number of nitrogens with zero attached hydrogens (tertiary/aromatic N) is 5. The number of aromatic nitrogens is 5. The molecule has 0 saturated carbocycles. The number of anilines is 2. The van der Waals surface area contributed by atoms with Crippen LogP contribution in [0.2, 0.25) is 0 Å². The van der Waals surface area contributed by atoms with Crippen LogP contribution >= 0.6 is 0 Å². The molecule has 0 spiro atoms. The summed E-state index contributed by atoms with van der Waals surface area (Å²) in [5.74, 6) is 5.98. The molecule has 2 aromatic heterocycles. The minimum atomic E-state index is 0.217. The van der Waals surface area contributed by atoms with Gasteiger partial charge >= 0.3 is 6.01 Å². The summed E-state index contributed by atoms with van der Waals surface area (Å²) in [6.07, 6.45) is 7.55. The van der Waals surface area contributed by atoms with Crippen molar-refractivity contribution >= 4 is 11.9 Å². The van der Waals surface area contributed by atoms with Crippen LogP contribution in [0.15, 0.2) is 18.7 Å². The summed E-state index contributed by atoms with van der Waals surface area (Å²) < 4.78 is 7.01. The Labute approximate surface area is 116 Å². The molecule has 20 heavy (non-hydrogen) atoms. The molecule has 0 atom stereocenters. The standard InChI is InChI=1S/C11H18N8O/c1-20-11-16-9(15-10(17-11)18-12)14-4-2-3-6-19-7-5-13-8-19/h5,7-8H,2-4,6,12H2,1H3,(H2,14,15,16,17,18). The van der Waals surface area contributed by atoms with Crippen molar-refractivity contribution in [2.75, 3.05) is 24.4 Å². The van der Waals surface area contributed by atoms with Gasteiger partial charge in [-0.2, -0.15) is 15.0 Å². The van der Waals surface area contributed by atoms with Gasteiger partial charge in [0.1, 0.15) is 0 Å². The van der Waals surface area contributed by atoms with E-state index in [-0.39, 0.29) is 12.0 Å². The second kappa shape index (κ2) is 7.24. The van der Waals surface area contributed by atoms with Crippen LogP contribution in [0, 0.1) is 0 Å². The molecule has 0 aliphatic carbocycles. The first kappa shape index (κ1) is 14.0. The number of hydrogen-bond donors (Lipinski definition) is 3. The highest BCUT2D eigenvalue weighted by Crippen LogP contribution is 2.09. The molecule has 0 unspecified atom stereocenters. The lowest BCUT2D eigenvalue weighted by atomic mass is 10.3. The molecule has 9 nitrogen and oxygen atoms in total. The molecule has 2 rings (SSSR count). The number of unbranched alkanes of at least 4 members (excludes halogenated alkanes) is 1. The third kappa shape index (κ3) is 4.05. The molecule has 108 valence electrons. The van der Waals surface area contributed by atoms with Gasteiger partial charge < -0.3 is 14.6 Å². The summed E-state index contributed by atoms with van der Waals surface area (Å²) in [5, 5.41) is 3.11. The number of hydrazine groups is 1. The maximum absolute atomic E-state index is 5.28. The third-order valence-corrected chi connectivity index (χ3v) is 2.61. The maximum Gasteiger partial charge on any atom is 0.322 e. The van der Waals surface area contributed by atoms with Crippen molar-refractivity contribution in [1.82, 2.24) is 24.5 Å². The number of methoxy groups -OCH3 is 1. The maximum atomic E-state index is 5.28. The largest absolute Gasteiger partial charge is 0.467 e. The summed E-state index contributed by atoms with van der Waals surface area (Å²) >= 11 is 0. The Hall–Kier alpha value is -2.42. The van der Waals surface area contributed by atoms with Crippen LogP contribution in [0.3, 0.4) is 0 Å². The van der Waals surface area contributed by atoms with Crippen LogP contribution in [0.5, 0.6) is 6.01 Å². The highest BCUT2D eigenvalue weighted by atomic mass is 16.5. The van der Waals surface area contributed by atoms with Gasteiger partial charge in [0.15, 0.2) is 0 Å². The first-order chi connectivity index (χ1) is 9.81. The van der Waals surface area contributed by atoms with Gasteiger partial charge in [-0.25, -0.2) is 10.8 Å². The fourth-order valence-corrected chi connectivity index (χ4v) is 1.63. The molecular formula is C11H18N8O. The first-order valence-corrected chi connectivity index (χ1v) is 6.28. The van der Waals surface area contributed by atoms with E-state index in [0.29, 0.717) is 5.95 Å². The van der Waals surface area contributed by atoms with Crippen LogP contribution in [0.25, 0.3) is 0 Å². The van der Waals surface area contributed by atoms with Crippen molar-refractivity contribution in [2.24, 2.45) is 5.84 Å². The zero-order valence-corrected chi connectivity index (χ0v) is 11.3. The highest BCUT2D eigenvalue weighted by molar-refractivity contribution is 5.34. The number of imidazole rings is 1. The van der Waals surface area contributed by atoms with E-state index in [1.807, 2.05) is 17.1 Å². The Morgan fingerprint density at radius 1 is 1.25 bits per heavy atom. The van der Waals surface area contributed by atoms with E-state index in [1.165, 1.54) is 7.11 Å². The van der Waals surface area contributed by atoms with Crippen LogP contribution in [-0.2, 0) is 6.54 Å². The molecule has 0 amide bonds. The fraction of sp³-hybridized carbons (Fsp3) is 0.455. The van der Waals surface area contributed by atoms with Gasteiger partial charge in [-0.15, -0.1) is 0 Å². The summed E-state index contributed by atoms with van der Waals surface area (Å²) in [6, 6.07) is 0.217. The van der Waals surface area contributed by atoms with Crippen molar-refractivity contribution < 1.29 is 4.74 Å². The second-order valence-corrected chi connectivity index (χ2v) is 4.05. The Kier molecular flexibility index (Phi) is 5.07. The predicted octanol–water partition coefficient (Wildman–Crippen LogP) is 0.255. The minimum absolute atomic E-state index is 0.217. The minimum Gasteiger partial charge on any atom is -0.467 e. The van der Waals surface area contributed by atoms with Crippen molar-refractivity contribution in [3.05, 3.63) is 18.7 Å². The SMILES string of the molecule is COc1nc(NN)nc(NCCCCn2ccnc2)n1. The van der Waals surface area contributed by atoms with Crippen LogP contribution in [0.4, 0.5) is 11.9 Å². The van der Waals surface area contributed by atoms with E-state index in [4.69, 9.17) is 10.6 Å². The Morgan fingerprint density at radius 3 is 2.80 bits per heavy atom. The molecule has 0 bridgehead atoms. The monoisotopic (exact) mass is 278 g/mol. The quantitative estimate of drug-likeness (QED) is 0.357. The number of hydrogen-bond acceptors (Lipinski definition) is 8. The van der Waals surface area contributed by atoms with Gasteiger partial charge in [0.05, 0.1) is 13.4 Å². The molecule has 0 aromatic carbocycles. The Morgan fingerprint density at radius 2 is 2.10 bits per heavy atom. The molecule has 2 heterocycles. The smallest absolute Gasteiger partial charge is 0.322 e. The molecule has 0 saturated heterocycles. The number of nitrogens with one attached hydrogen (secondary N) is 2. The van der Waals surface area contributed by atoms with E-state index < -0.39 is 0 Å². The number of aryl methyl sites for hydroxylation is 1. The van der Waals surface area contributed by atoms with Gasteiger partial charge in [-0.1, -0.05) is 0 Å².